The summed E-state index contributed by atoms with van der Waals surface area (Å²) >= 11 is 0. The number of fused-ring (bicyclic) bond motifs is 5. The van der Waals surface area contributed by atoms with Crippen LogP contribution in [0.1, 0.15) is 41.2 Å². The van der Waals surface area contributed by atoms with Crippen LogP contribution in [0.15, 0.2) is 36.7 Å². The van der Waals surface area contributed by atoms with Crippen molar-refractivity contribution in [2.24, 2.45) is 5.92 Å². The van der Waals surface area contributed by atoms with Gasteiger partial charge in [-0.25, -0.2) is 9.18 Å². The highest BCUT2D eigenvalue weighted by Crippen LogP contribution is 2.45. The van der Waals surface area contributed by atoms with Gasteiger partial charge in [-0.1, -0.05) is 6.07 Å². The minimum absolute atomic E-state index is 0.0151. The Hall–Kier alpha value is -4.28. The van der Waals surface area contributed by atoms with E-state index >= 15 is 0 Å². The molecule has 0 radical (unpaired) electrons. The first-order valence-corrected chi connectivity index (χ1v) is 13.2. The lowest BCUT2D eigenvalue weighted by Crippen LogP contribution is -2.42. The highest BCUT2D eigenvalue weighted by Gasteiger charge is 2.36. The number of nitrogens with zero attached hydrogens (tertiary/aromatic N) is 2. The van der Waals surface area contributed by atoms with Crippen molar-refractivity contribution >= 4 is 23.4 Å². The number of H-pyrrole nitrogens is 1. The van der Waals surface area contributed by atoms with Crippen LogP contribution >= 0.6 is 0 Å². The van der Waals surface area contributed by atoms with Crippen molar-refractivity contribution in [1.82, 2.24) is 20.2 Å². The predicted molar refractivity (Wildman–Crippen MR) is 141 cm³/mol. The summed E-state index contributed by atoms with van der Waals surface area (Å²) in [6, 6.07) is 6.39. The molecular formula is C28H30FN5O5. The second kappa shape index (κ2) is 10.5. The Balaban J connectivity index is 1.50. The van der Waals surface area contributed by atoms with Gasteiger partial charge in [0, 0.05) is 43.0 Å². The number of aromatic nitrogens is 2. The first-order chi connectivity index (χ1) is 19.0. The second-order valence-corrected chi connectivity index (χ2v) is 10.0. The van der Waals surface area contributed by atoms with Gasteiger partial charge < -0.3 is 34.7 Å². The third kappa shape index (κ3) is 4.73. The van der Waals surface area contributed by atoms with Crippen molar-refractivity contribution < 1.29 is 28.2 Å². The van der Waals surface area contributed by atoms with Crippen molar-refractivity contribution in [3.8, 4) is 22.8 Å². The van der Waals surface area contributed by atoms with Crippen molar-refractivity contribution in [1.29, 1.82) is 0 Å². The van der Waals surface area contributed by atoms with Crippen molar-refractivity contribution in [2.75, 3.05) is 45.3 Å². The summed E-state index contributed by atoms with van der Waals surface area (Å²) < 4.78 is 31.4. The van der Waals surface area contributed by atoms with Gasteiger partial charge in [0.15, 0.2) is 11.6 Å². The molecule has 6 rings (SSSR count). The van der Waals surface area contributed by atoms with E-state index in [2.05, 4.69) is 20.6 Å². The number of carbonyl (C=O) groups excluding carboxylic acids is 2. The number of ether oxygens (including phenoxy) is 3. The Morgan fingerprint density at radius 3 is 2.95 bits per heavy atom. The predicted octanol–water partition coefficient (Wildman–Crippen LogP) is 4.43. The quantitative estimate of drug-likeness (QED) is 0.454. The standard InChI is InChI=1S/C28H30FN5O5/c1-37-26-19(29)5-2-6-20(26)32-25-22-23-17(13-31-27(22)35)12-16-4-3-9-34(15-16)28(36)39-11-10-38-21-14-30-8-7-18(21)24(25)33-23/h2,5-8,14,16-17,32-33H,3-4,9-13,15H2,1H3,(H,31,35). The molecule has 3 aliphatic heterocycles. The molecule has 2 amide bonds. The molecule has 2 atom stereocenters. The summed E-state index contributed by atoms with van der Waals surface area (Å²) in [5.41, 5.74) is 3.42. The highest BCUT2D eigenvalue weighted by molar-refractivity contribution is 6.07. The Labute approximate surface area is 224 Å². The van der Waals surface area contributed by atoms with Crippen LogP contribution in [0.2, 0.25) is 0 Å². The van der Waals surface area contributed by atoms with Crippen LogP contribution in [0, 0.1) is 11.7 Å². The molecule has 1 saturated heterocycles. The number of halogens is 1. The van der Waals surface area contributed by atoms with Gasteiger partial charge in [0.1, 0.15) is 19.0 Å². The monoisotopic (exact) mass is 535 g/mol. The van der Waals surface area contributed by atoms with E-state index in [-0.39, 0.29) is 42.8 Å². The lowest BCUT2D eigenvalue weighted by molar-refractivity contribution is 0.0714. The minimum atomic E-state index is -0.519. The lowest BCUT2D eigenvalue weighted by atomic mass is 9.84. The number of hydrogen-bond acceptors (Lipinski definition) is 7. The maximum absolute atomic E-state index is 14.6. The number of hydrogen-bond donors (Lipinski definition) is 3. The molecule has 5 heterocycles. The van der Waals surface area contributed by atoms with Gasteiger partial charge in [-0.3, -0.25) is 9.78 Å². The number of methoxy groups -OCH3 is 1. The molecule has 0 saturated carbocycles. The molecular weight excluding hydrogens is 505 g/mol. The molecule has 2 aromatic heterocycles. The van der Waals surface area contributed by atoms with E-state index in [1.165, 1.54) is 13.2 Å². The second-order valence-electron chi connectivity index (χ2n) is 10.0. The molecule has 11 heteroatoms. The molecule has 2 unspecified atom stereocenters. The molecule has 1 aromatic carbocycles. The summed E-state index contributed by atoms with van der Waals surface area (Å²) in [6.45, 7) is 1.95. The van der Waals surface area contributed by atoms with Crippen molar-refractivity contribution in [3.05, 3.63) is 53.7 Å². The Morgan fingerprint density at radius 1 is 1.21 bits per heavy atom. The lowest BCUT2D eigenvalue weighted by Gasteiger charge is -2.34. The van der Waals surface area contributed by atoms with Crippen LogP contribution in [0.3, 0.4) is 0 Å². The van der Waals surface area contributed by atoms with Gasteiger partial charge in [-0.2, -0.15) is 0 Å². The molecule has 4 bridgehead atoms. The zero-order valence-corrected chi connectivity index (χ0v) is 21.6. The number of rotatable bonds is 3. The van der Waals surface area contributed by atoms with Gasteiger partial charge >= 0.3 is 6.09 Å². The van der Waals surface area contributed by atoms with Crippen LogP contribution < -0.4 is 20.1 Å². The summed E-state index contributed by atoms with van der Waals surface area (Å²) in [5, 5.41) is 6.33. The third-order valence-corrected chi connectivity index (χ3v) is 7.62. The number of amides is 2. The Kier molecular flexibility index (Phi) is 6.72. The summed E-state index contributed by atoms with van der Waals surface area (Å²) in [4.78, 5) is 35.6. The number of piperidine rings is 1. The number of aromatic amines is 1. The molecule has 3 aromatic rings. The van der Waals surface area contributed by atoms with E-state index in [9.17, 15) is 14.0 Å². The Morgan fingerprint density at radius 2 is 2.08 bits per heavy atom. The number of cyclic esters (lactones) is 1. The van der Waals surface area contributed by atoms with Crippen LogP contribution in [0.4, 0.5) is 20.6 Å². The molecule has 3 N–H and O–H groups in total. The van der Waals surface area contributed by atoms with E-state index in [4.69, 9.17) is 14.2 Å². The van der Waals surface area contributed by atoms with Crippen molar-refractivity contribution in [2.45, 2.75) is 25.2 Å². The van der Waals surface area contributed by atoms with E-state index in [0.29, 0.717) is 53.6 Å². The van der Waals surface area contributed by atoms with E-state index in [0.717, 1.165) is 25.0 Å². The smallest absolute Gasteiger partial charge is 0.409 e. The summed E-state index contributed by atoms with van der Waals surface area (Å²) in [6.07, 6.45) is 5.53. The number of para-hydroxylation sites is 1. The van der Waals surface area contributed by atoms with Crippen molar-refractivity contribution in [3.63, 3.8) is 0 Å². The fraction of sp³-hybridized carbons (Fsp3) is 0.393. The molecule has 0 aliphatic carbocycles. The van der Waals surface area contributed by atoms with Gasteiger partial charge in [-0.15, -0.1) is 0 Å². The van der Waals surface area contributed by atoms with Gasteiger partial charge in [0.25, 0.3) is 5.91 Å². The number of pyridine rings is 1. The van der Waals surface area contributed by atoms with E-state index in [1.807, 2.05) is 0 Å². The van der Waals surface area contributed by atoms with Gasteiger partial charge in [0.05, 0.1) is 35.9 Å². The first-order valence-electron chi connectivity index (χ1n) is 13.2. The SMILES string of the molecule is COc1c(F)cccc1Nc1c2[nH]c3c1C(=O)NCC3CC1CCCN(C1)C(=O)OCCOc1cnccc1-2. The number of benzene rings is 1. The van der Waals surface area contributed by atoms with Crippen LogP contribution in [0.25, 0.3) is 11.3 Å². The zero-order chi connectivity index (χ0) is 26.9. The topological polar surface area (TPSA) is 118 Å². The summed E-state index contributed by atoms with van der Waals surface area (Å²) in [5.74, 6) is -0.0132. The average molecular weight is 536 g/mol. The normalized spacial score (nSPS) is 20.9. The molecule has 3 aliphatic rings. The molecule has 0 spiro atoms. The number of nitrogens with one attached hydrogen (secondary N) is 3. The van der Waals surface area contributed by atoms with Gasteiger partial charge in [0.2, 0.25) is 0 Å². The maximum Gasteiger partial charge on any atom is 0.409 e. The van der Waals surface area contributed by atoms with Crippen LogP contribution in [-0.4, -0.2) is 66.8 Å². The average Bonchev–Trinajstić information content (AvgIpc) is 3.32. The maximum atomic E-state index is 14.6. The third-order valence-electron chi connectivity index (χ3n) is 7.62. The van der Waals surface area contributed by atoms with E-state index in [1.54, 1.807) is 35.5 Å². The highest BCUT2D eigenvalue weighted by atomic mass is 19.1. The van der Waals surface area contributed by atoms with E-state index < -0.39 is 5.82 Å². The van der Waals surface area contributed by atoms with Gasteiger partial charge in [-0.05, 0) is 43.4 Å². The zero-order valence-electron chi connectivity index (χ0n) is 21.6. The minimum Gasteiger partial charge on any atom is -0.492 e. The largest absolute Gasteiger partial charge is 0.492 e. The van der Waals surface area contributed by atoms with Crippen LogP contribution in [-0.2, 0) is 4.74 Å². The number of carbonyl (C=O) groups is 2. The number of anilines is 2. The molecule has 1 fully saturated rings. The molecule has 204 valence electrons. The summed E-state index contributed by atoms with van der Waals surface area (Å²) in [7, 11) is 1.40. The van der Waals surface area contributed by atoms with Crippen LogP contribution in [0.5, 0.6) is 11.5 Å². The fourth-order valence-corrected chi connectivity index (χ4v) is 5.84. The molecule has 10 nitrogen and oxygen atoms in total. The molecule has 39 heavy (non-hydrogen) atoms. The fourth-order valence-electron chi connectivity index (χ4n) is 5.84. The Bertz CT molecular complexity index is 1410. The first kappa shape index (κ1) is 25.0.